The average Bonchev–Trinajstić information content (AvgIpc) is 2.67. The number of rotatable bonds is 3. The number of hydrogen-bond donors (Lipinski definition) is 2. The third-order valence-corrected chi connectivity index (χ3v) is 4.67. The van der Waals surface area contributed by atoms with Crippen molar-refractivity contribution in [1.82, 2.24) is 15.2 Å². The number of aryl methyl sites for hydroxylation is 1. The van der Waals surface area contributed by atoms with Crippen LogP contribution in [0.15, 0.2) is 53.5 Å². The standard InChI is InChI=1S/C20H19F4N5O/c1-12-8-13(4-5-25-12)15-3-2-14(9-16(15)21)27-19-26-10-17-18(28-19)29(6-7-30-17)11-20(22,23)24/h2-5,8-10,18H,6-7,11H2,1H3,(H2,26,27,28). The molecule has 3 heterocycles. The first-order valence-corrected chi connectivity index (χ1v) is 9.26. The van der Waals surface area contributed by atoms with Crippen LogP contribution in [0.2, 0.25) is 0 Å². The molecule has 1 unspecified atom stereocenters. The summed E-state index contributed by atoms with van der Waals surface area (Å²) >= 11 is 0. The highest BCUT2D eigenvalue weighted by Crippen LogP contribution is 2.27. The number of anilines is 1. The number of alkyl halides is 3. The first kappa shape index (κ1) is 20.1. The summed E-state index contributed by atoms with van der Waals surface area (Å²) in [6.45, 7) is 0.985. The molecule has 2 aliphatic heterocycles. The fourth-order valence-electron chi connectivity index (χ4n) is 3.36. The number of pyridine rings is 1. The molecule has 2 aliphatic rings. The van der Waals surface area contributed by atoms with Crippen molar-refractivity contribution < 1.29 is 22.3 Å². The van der Waals surface area contributed by atoms with Gasteiger partial charge in [-0.1, -0.05) is 0 Å². The maximum absolute atomic E-state index is 14.7. The number of fused-ring (bicyclic) bond motifs is 1. The quantitative estimate of drug-likeness (QED) is 0.742. The molecule has 0 radical (unpaired) electrons. The molecule has 0 saturated carbocycles. The van der Waals surface area contributed by atoms with Gasteiger partial charge in [0.05, 0.1) is 6.54 Å². The molecule has 30 heavy (non-hydrogen) atoms. The smallest absolute Gasteiger partial charge is 0.401 e. The van der Waals surface area contributed by atoms with Crippen molar-refractivity contribution in [3.63, 3.8) is 0 Å². The Labute approximate surface area is 170 Å². The Balaban J connectivity index is 1.52. The summed E-state index contributed by atoms with van der Waals surface area (Å²) < 4.78 is 58.6. The molecule has 0 spiro atoms. The van der Waals surface area contributed by atoms with Crippen LogP contribution in [0.4, 0.5) is 23.2 Å². The van der Waals surface area contributed by atoms with Gasteiger partial charge in [-0.05, 0) is 42.8 Å². The summed E-state index contributed by atoms with van der Waals surface area (Å²) in [4.78, 5) is 9.57. The predicted octanol–water partition coefficient (Wildman–Crippen LogP) is 3.63. The van der Waals surface area contributed by atoms with Gasteiger partial charge < -0.3 is 15.4 Å². The number of guanidine groups is 1. The molecular formula is C20H19F4N5O. The largest absolute Gasteiger partial charge is 0.491 e. The van der Waals surface area contributed by atoms with Gasteiger partial charge in [0.25, 0.3) is 0 Å². The molecule has 0 bridgehead atoms. The van der Waals surface area contributed by atoms with Crippen LogP contribution in [0, 0.1) is 12.7 Å². The van der Waals surface area contributed by atoms with Crippen LogP contribution < -0.4 is 10.6 Å². The van der Waals surface area contributed by atoms with E-state index < -0.39 is 24.7 Å². The summed E-state index contributed by atoms with van der Waals surface area (Å²) in [5.74, 6) is 0.0666. The zero-order valence-electron chi connectivity index (χ0n) is 16.0. The predicted molar refractivity (Wildman–Crippen MR) is 104 cm³/mol. The van der Waals surface area contributed by atoms with Gasteiger partial charge in [0, 0.05) is 35.9 Å². The highest BCUT2D eigenvalue weighted by atomic mass is 19.4. The molecule has 1 aromatic heterocycles. The molecule has 1 saturated heterocycles. The maximum Gasteiger partial charge on any atom is 0.401 e. The van der Waals surface area contributed by atoms with E-state index in [9.17, 15) is 17.6 Å². The fourth-order valence-corrected chi connectivity index (χ4v) is 3.36. The maximum atomic E-state index is 14.7. The lowest BCUT2D eigenvalue weighted by molar-refractivity contribution is -0.156. The lowest BCUT2D eigenvalue weighted by atomic mass is 10.1. The SMILES string of the molecule is Cc1cc(-c2ccc(NC3=NC4C(=CN3)OCCN4CC(F)(F)F)cc2F)ccn1. The van der Waals surface area contributed by atoms with Gasteiger partial charge in [-0.15, -0.1) is 0 Å². The molecule has 4 rings (SSSR count). The topological polar surface area (TPSA) is 61.8 Å². The molecule has 6 nitrogen and oxygen atoms in total. The number of aromatic nitrogens is 1. The number of morpholine rings is 1. The van der Waals surface area contributed by atoms with Gasteiger partial charge in [0.2, 0.25) is 5.96 Å². The lowest BCUT2D eigenvalue weighted by Crippen LogP contribution is -2.50. The van der Waals surface area contributed by atoms with E-state index >= 15 is 0 Å². The van der Waals surface area contributed by atoms with Gasteiger partial charge in [0.15, 0.2) is 11.9 Å². The van der Waals surface area contributed by atoms with Crippen molar-refractivity contribution >= 4 is 11.6 Å². The molecule has 1 atom stereocenters. The third-order valence-electron chi connectivity index (χ3n) is 4.67. The van der Waals surface area contributed by atoms with E-state index in [0.717, 1.165) is 5.69 Å². The van der Waals surface area contributed by atoms with Crippen molar-refractivity contribution in [2.24, 2.45) is 4.99 Å². The van der Waals surface area contributed by atoms with Crippen LogP contribution in [-0.2, 0) is 4.74 Å². The van der Waals surface area contributed by atoms with E-state index in [0.29, 0.717) is 22.6 Å². The highest BCUT2D eigenvalue weighted by molar-refractivity contribution is 5.95. The van der Waals surface area contributed by atoms with E-state index in [-0.39, 0.29) is 19.1 Å². The van der Waals surface area contributed by atoms with E-state index in [2.05, 4.69) is 20.6 Å². The summed E-state index contributed by atoms with van der Waals surface area (Å²) in [6.07, 6.45) is -2.17. The Hall–Kier alpha value is -3.14. The Bertz CT molecular complexity index is 1000. The van der Waals surface area contributed by atoms with E-state index in [1.54, 1.807) is 30.5 Å². The van der Waals surface area contributed by atoms with Crippen molar-refractivity contribution in [2.75, 3.05) is 25.0 Å². The van der Waals surface area contributed by atoms with Crippen LogP contribution in [0.5, 0.6) is 0 Å². The second kappa shape index (κ2) is 7.94. The van der Waals surface area contributed by atoms with Gasteiger partial charge >= 0.3 is 6.18 Å². The minimum Gasteiger partial charge on any atom is -0.491 e. The van der Waals surface area contributed by atoms with Crippen molar-refractivity contribution in [1.29, 1.82) is 0 Å². The second-order valence-electron chi connectivity index (χ2n) is 6.98. The second-order valence-corrected chi connectivity index (χ2v) is 6.98. The third kappa shape index (κ3) is 4.54. The molecule has 0 amide bonds. The number of benzene rings is 1. The van der Waals surface area contributed by atoms with Crippen LogP contribution in [0.3, 0.4) is 0 Å². The summed E-state index contributed by atoms with van der Waals surface area (Å²) in [5, 5.41) is 5.74. The number of aliphatic imine (C=N–C) groups is 1. The highest BCUT2D eigenvalue weighted by Gasteiger charge is 2.38. The molecular weight excluding hydrogens is 402 g/mol. The lowest BCUT2D eigenvalue weighted by Gasteiger charge is -2.37. The van der Waals surface area contributed by atoms with E-state index in [1.165, 1.54) is 17.2 Å². The molecule has 2 N–H and O–H groups in total. The van der Waals surface area contributed by atoms with Gasteiger partial charge in [-0.25, -0.2) is 9.38 Å². The van der Waals surface area contributed by atoms with Crippen molar-refractivity contribution in [3.8, 4) is 11.1 Å². The fraction of sp³-hybridized carbons (Fsp3) is 0.300. The number of halogens is 4. The van der Waals surface area contributed by atoms with E-state index in [4.69, 9.17) is 4.74 Å². The Kier molecular flexibility index (Phi) is 5.33. The number of hydrogen-bond acceptors (Lipinski definition) is 6. The summed E-state index contributed by atoms with van der Waals surface area (Å²) in [6, 6.07) is 8.09. The van der Waals surface area contributed by atoms with Gasteiger partial charge in [-0.3, -0.25) is 9.88 Å². The average molecular weight is 421 g/mol. The van der Waals surface area contributed by atoms with Crippen LogP contribution in [0.25, 0.3) is 11.1 Å². The Morgan fingerprint density at radius 3 is 2.83 bits per heavy atom. The van der Waals surface area contributed by atoms with Gasteiger partial charge in [-0.2, -0.15) is 13.2 Å². The molecule has 1 aromatic carbocycles. The molecule has 10 heteroatoms. The number of ether oxygens (including phenoxy) is 1. The first-order chi connectivity index (χ1) is 14.3. The van der Waals surface area contributed by atoms with Crippen molar-refractivity contribution in [3.05, 3.63) is 60.0 Å². The first-order valence-electron chi connectivity index (χ1n) is 9.26. The molecule has 2 aromatic rings. The molecule has 0 aliphatic carbocycles. The summed E-state index contributed by atoms with van der Waals surface area (Å²) in [7, 11) is 0. The Morgan fingerprint density at radius 1 is 1.27 bits per heavy atom. The van der Waals surface area contributed by atoms with Crippen LogP contribution in [0.1, 0.15) is 5.69 Å². The van der Waals surface area contributed by atoms with Gasteiger partial charge in [0.1, 0.15) is 12.4 Å². The number of nitrogens with zero attached hydrogens (tertiary/aromatic N) is 3. The molecule has 158 valence electrons. The van der Waals surface area contributed by atoms with Crippen molar-refractivity contribution in [2.45, 2.75) is 19.3 Å². The Morgan fingerprint density at radius 2 is 2.10 bits per heavy atom. The minimum absolute atomic E-state index is 0.104. The van der Waals surface area contributed by atoms with Crippen LogP contribution >= 0.6 is 0 Å². The zero-order chi connectivity index (χ0) is 21.3. The monoisotopic (exact) mass is 421 g/mol. The normalized spacial score (nSPS) is 19.2. The van der Waals surface area contributed by atoms with E-state index in [1.807, 2.05) is 6.92 Å². The van der Waals surface area contributed by atoms with Crippen LogP contribution in [-0.4, -0.2) is 47.9 Å². The minimum atomic E-state index is -4.35. The summed E-state index contributed by atoms with van der Waals surface area (Å²) in [5.41, 5.74) is 2.30. The number of nitrogens with one attached hydrogen (secondary N) is 2. The molecule has 1 fully saturated rings. The zero-order valence-corrected chi connectivity index (χ0v) is 16.0.